The molecule has 0 amide bonds. The van der Waals surface area contributed by atoms with E-state index in [0.29, 0.717) is 16.7 Å². The third kappa shape index (κ3) is 2.02. The smallest absolute Gasteiger partial charge is 0.259 e. The summed E-state index contributed by atoms with van der Waals surface area (Å²) in [5, 5.41) is 3.74. The second-order valence-corrected chi connectivity index (χ2v) is 4.99. The molecule has 1 atom stereocenters. The Bertz CT molecular complexity index is 632. The molecular weight excluding hydrogens is 250 g/mol. The van der Waals surface area contributed by atoms with E-state index in [1.54, 1.807) is 12.1 Å². The molecule has 1 aliphatic heterocycles. The van der Waals surface area contributed by atoms with Gasteiger partial charge in [-0.1, -0.05) is 17.7 Å². The summed E-state index contributed by atoms with van der Waals surface area (Å²) in [6, 6.07) is 6.93. The highest BCUT2D eigenvalue weighted by molar-refractivity contribution is 6.29. The topological polar surface area (TPSA) is 46.4 Å². The molecule has 0 bridgehead atoms. The van der Waals surface area contributed by atoms with Crippen molar-refractivity contribution in [3.05, 3.63) is 45.5 Å². The first-order valence-corrected chi connectivity index (χ1v) is 6.52. The summed E-state index contributed by atoms with van der Waals surface area (Å²) in [6.45, 7) is 1.94. The van der Waals surface area contributed by atoms with Crippen LogP contribution in [0.15, 0.2) is 29.1 Å². The van der Waals surface area contributed by atoms with Crippen molar-refractivity contribution in [2.45, 2.75) is 18.8 Å². The van der Waals surface area contributed by atoms with E-state index >= 15 is 0 Å². The largest absolute Gasteiger partial charge is 0.316 e. The molecule has 1 saturated heterocycles. The molecule has 4 nitrogen and oxygen atoms in total. The first-order chi connectivity index (χ1) is 8.75. The summed E-state index contributed by atoms with van der Waals surface area (Å²) in [4.78, 5) is 16.6. The third-order valence-electron chi connectivity index (χ3n) is 3.37. The fourth-order valence-electron chi connectivity index (χ4n) is 2.45. The molecule has 2 aromatic rings. The lowest BCUT2D eigenvalue weighted by atomic mass is 9.96. The van der Waals surface area contributed by atoms with Gasteiger partial charge in [-0.25, -0.2) is 4.98 Å². The Labute approximate surface area is 110 Å². The first-order valence-electron chi connectivity index (χ1n) is 6.14. The lowest BCUT2D eigenvalue weighted by Gasteiger charge is -2.22. The summed E-state index contributed by atoms with van der Waals surface area (Å²) in [5.74, 6) is 0.329. The summed E-state index contributed by atoms with van der Waals surface area (Å²) in [5.41, 5.74) is 1.39. The first kappa shape index (κ1) is 11.7. The molecule has 94 valence electrons. The monoisotopic (exact) mass is 263 g/mol. The number of aromatic nitrogens is 2. The summed E-state index contributed by atoms with van der Waals surface area (Å²) < 4.78 is 1.43. The third-order valence-corrected chi connectivity index (χ3v) is 3.67. The molecule has 0 spiro atoms. The zero-order valence-electron chi connectivity index (χ0n) is 9.90. The van der Waals surface area contributed by atoms with Crippen molar-refractivity contribution < 1.29 is 0 Å². The maximum Gasteiger partial charge on any atom is 0.259 e. The minimum Gasteiger partial charge on any atom is -0.316 e. The molecule has 2 aromatic heterocycles. The minimum absolute atomic E-state index is 0.105. The Morgan fingerprint density at radius 1 is 1.44 bits per heavy atom. The van der Waals surface area contributed by atoms with E-state index in [4.69, 9.17) is 11.6 Å². The predicted octanol–water partition coefficient (Wildman–Crippen LogP) is 1.81. The molecular formula is C13H14ClN3O. The highest BCUT2D eigenvalue weighted by Crippen LogP contribution is 2.21. The van der Waals surface area contributed by atoms with Gasteiger partial charge in [0.15, 0.2) is 0 Å². The number of nitrogens with zero attached hydrogens (tertiary/aromatic N) is 2. The Morgan fingerprint density at radius 2 is 2.33 bits per heavy atom. The van der Waals surface area contributed by atoms with Crippen LogP contribution in [0.5, 0.6) is 0 Å². The van der Waals surface area contributed by atoms with Gasteiger partial charge < -0.3 is 5.32 Å². The van der Waals surface area contributed by atoms with Gasteiger partial charge in [0, 0.05) is 18.5 Å². The van der Waals surface area contributed by atoms with Gasteiger partial charge in [0.25, 0.3) is 5.56 Å². The summed E-state index contributed by atoms with van der Waals surface area (Å²) >= 11 is 6.01. The van der Waals surface area contributed by atoms with Crippen LogP contribution in [0.2, 0.25) is 5.15 Å². The summed E-state index contributed by atoms with van der Waals surface area (Å²) in [6.07, 6.45) is 2.21. The molecule has 18 heavy (non-hydrogen) atoms. The standard InChI is InChI=1S/C13H14ClN3O/c14-11-4-1-5-12-16-10(7-13(18)17(11)12)9-3-2-6-15-8-9/h1,4-5,7,9,15H,2-3,6,8H2. The molecule has 5 heteroatoms. The van der Waals surface area contributed by atoms with Crippen LogP contribution >= 0.6 is 11.6 Å². The zero-order chi connectivity index (χ0) is 12.5. The van der Waals surface area contributed by atoms with Crippen LogP contribution in [0, 0.1) is 0 Å². The zero-order valence-corrected chi connectivity index (χ0v) is 10.7. The van der Waals surface area contributed by atoms with Crippen molar-refractivity contribution in [2.24, 2.45) is 0 Å². The van der Waals surface area contributed by atoms with Crippen LogP contribution in [0.3, 0.4) is 0 Å². The van der Waals surface area contributed by atoms with Crippen molar-refractivity contribution in [3.8, 4) is 0 Å². The molecule has 3 rings (SSSR count). The van der Waals surface area contributed by atoms with Gasteiger partial charge in [0.05, 0.1) is 5.69 Å². The van der Waals surface area contributed by atoms with Crippen molar-refractivity contribution in [2.75, 3.05) is 13.1 Å². The van der Waals surface area contributed by atoms with Crippen LogP contribution < -0.4 is 10.9 Å². The van der Waals surface area contributed by atoms with E-state index < -0.39 is 0 Å². The van der Waals surface area contributed by atoms with E-state index in [2.05, 4.69) is 10.3 Å². The number of pyridine rings is 1. The van der Waals surface area contributed by atoms with E-state index in [0.717, 1.165) is 31.6 Å². The second kappa shape index (κ2) is 4.71. The molecule has 1 aliphatic rings. The number of nitrogens with one attached hydrogen (secondary N) is 1. The lowest BCUT2D eigenvalue weighted by molar-refractivity contribution is 0.454. The highest BCUT2D eigenvalue weighted by Gasteiger charge is 2.18. The number of rotatable bonds is 1. The fourth-order valence-corrected chi connectivity index (χ4v) is 2.69. The molecule has 0 aromatic carbocycles. The maximum atomic E-state index is 12.1. The van der Waals surface area contributed by atoms with Gasteiger partial charge in [0.2, 0.25) is 0 Å². The lowest BCUT2D eigenvalue weighted by Crippen LogP contribution is -2.30. The molecule has 0 radical (unpaired) electrons. The Kier molecular flexibility index (Phi) is 3.06. The van der Waals surface area contributed by atoms with Crippen LogP contribution in [-0.2, 0) is 0 Å². The van der Waals surface area contributed by atoms with Crippen molar-refractivity contribution in [1.29, 1.82) is 0 Å². The molecule has 1 unspecified atom stereocenters. The van der Waals surface area contributed by atoms with Gasteiger partial charge in [-0.3, -0.25) is 9.20 Å². The van der Waals surface area contributed by atoms with Crippen LogP contribution in [0.1, 0.15) is 24.5 Å². The Balaban J connectivity index is 2.12. The van der Waals surface area contributed by atoms with Gasteiger partial charge in [-0.2, -0.15) is 0 Å². The van der Waals surface area contributed by atoms with E-state index in [1.807, 2.05) is 12.1 Å². The number of halogens is 1. The SMILES string of the molecule is O=c1cc(C2CCCNC2)nc2cccc(Cl)n12. The fraction of sp³-hybridized carbons (Fsp3) is 0.385. The molecule has 1 N–H and O–H groups in total. The van der Waals surface area contributed by atoms with Gasteiger partial charge >= 0.3 is 0 Å². The average molecular weight is 264 g/mol. The number of piperidine rings is 1. The second-order valence-electron chi connectivity index (χ2n) is 4.60. The van der Waals surface area contributed by atoms with E-state index in [-0.39, 0.29) is 5.56 Å². The minimum atomic E-state index is -0.105. The molecule has 1 fully saturated rings. The predicted molar refractivity (Wildman–Crippen MR) is 71.3 cm³/mol. The van der Waals surface area contributed by atoms with Crippen molar-refractivity contribution >= 4 is 17.2 Å². The van der Waals surface area contributed by atoms with Gasteiger partial charge in [0.1, 0.15) is 10.8 Å². The summed E-state index contributed by atoms with van der Waals surface area (Å²) in [7, 11) is 0. The average Bonchev–Trinajstić information content (AvgIpc) is 2.39. The van der Waals surface area contributed by atoms with Crippen LogP contribution in [-0.4, -0.2) is 22.5 Å². The normalized spacial score (nSPS) is 20.2. The van der Waals surface area contributed by atoms with Crippen molar-refractivity contribution in [3.63, 3.8) is 0 Å². The quantitative estimate of drug-likeness (QED) is 0.799. The van der Waals surface area contributed by atoms with E-state index in [9.17, 15) is 4.79 Å². The van der Waals surface area contributed by atoms with Gasteiger partial charge in [-0.05, 0) is 31.5 Å². The Morgan fingerprint density at radius 3 is 3.11 bits per heavy atom. The molecule has 0 aliphatic carbocycles. The van der Waals surface area contributed by atoms with Crippen LogP contribution in [0.4, 0.5) is 0 Å². The number of hydrogen-bond acceptors (Lipinski definition) is 3. The highest BCUT2D eigenvalue weighted by atomic mass is 35.5. The van der Waals surface area contributed by atoms with Gasteiger partial charge in [-0.15, -0.1) is 0 Å². The molecule has 3 heterocycles. The maximum absolute atomic E-state index is 12.1. The Hall–Kier alpha value is -1.39. The van der Waals surface area contributed by atoms with Crippen molar-refractivity contribution in [1.82, 2.24) is 14.7 Å². The molecule has 0 saturated carbocycles. The number of fused-ring (bicyclic) bond motifs is 1. The van der Waals surface area contributed by atoms with E-state index in [1.165, 1.54) is 4.40 Å². The number of hydrogen-bond donors (Lipinski definition) is 1. The van der Waals surface area contributed by atoms with Crippen LogP contribution in [0.25, 0.3) is 5.65 Å².